The third-order valence-electron chi connectivity index (χ3n) is 2.46. The highest BCUT2D eigenvalue weighted by atomic mass is 32.2. The minimum Gasteiger partial charge on any atom is -0.396 e. The molecule has 0 aromatic heterocycles. The van der Waals surface area contributed by atoms with Gasteiger partial charge in [0.25, 0.3) is 0 Å². The third-order valence-corrected chi connectivity index (χ3v) is 4.87. The zero-order valence-corrected chi connectivity index (χ0v) is 12.2. The van der Waals surface area contributed by atoms with Gasteiger partial charge in [-0.15, -0.1) is 0 Å². The number of aryl methyl sites for hydroxylation is 1. The summed E-state index contributed by atoms with van der Waals surface area (Å²) in [5.74, 6) is -1.08. The van der Waals surface area contributed by atoms with Gasteiger partial charge in [0.2, 0.25) is 0 Å². The van der Waals surface area contributed by atoms with Gasteiger partial charge in [-0.05, 0) is 30.5 Å². The minimum absolute atomic E-state index is 0.121. The molecule has 1 aromatic carbocycles. The second kappa shape index (κ2) is 5.56. The zero-order valence-electron chi connectivity index (χ0n) is 10.6. The molecule has 5 nitrogen and oxygen atoms in total. The van der Waals surface area contributed by atoms with Gasteiger partial charge in [0.15, 0.2) is 19.7 Å². The molecule has 0 aliphatic heterocycles. The van der Waals surface area contributed by atoms with Crippen LogP contribution in [0.25, 0.3) is 0 Å². The van der Waals surface area contributed by atoms with E-state index >= 15 is 0 Å². The van der Waals surface area contributed by atoms with Crippen molar-refractivity contribution in [2.75, 3.05) is 19.1 Å². The Morgan fingerprint density at radius 2 is 1.68 bits per heavy atom. The van der Waals surface area contributed by atoms with Crippen molar-refractivity contribution < 1.29 is 26.3 Å². The fraction of sp³-hybridized carbons (Fsp3) is 0.455. The van der Waals surface area contributed by atoms with Crippen LogP contribution in [0.4, 0.5) is 4.39 Å². The largest absolute Gasteiger partial charge is 0.396 e. The smallest absolute Gasteiger partial charge is 0.179 e. The molecule has 0 saturated carbocycles. The molecule has 1 rings (SSSR count). The Balaban J connectivity index is 3.58. The fourth-order valence-corrected chi connectivity index (χ4v) is 4.23. The van der Waals surface area contributed by atoms with Crippen LogP contribution in [0.15, 0.2) is 21.9 Å². The van der Waals surface area contributed by atoms with Crippen molar-refractivity contribution in [2.45, 2.75) is 22.6 Å². The van der Waals surface area contributed by atoms with Crippen LogP contribution < -0.4 is 0 Å². The Kier molecular flexibility index (Phi) is 4.70. The van der Waals surface area contributed by atoms with Gasteiger partial charge in [-0.2, -0.15) is 0 Å². The normalized spacial score (nSPS) is 12.6. The van der Waals surface area contributed by atoms with E-state index in [9.17, 15) is 21.2 Å². The molecule has 19 heavy (non-hydrogen) atoms. The molecule has 108 valence electrons. The van der Waals surface area contributed by atoms with E-state index in [1.165, 1.54) is 0 Å². The van der Waals surface area contributed by atoms with Crippen molar-refractivity contribution in [3.8, 4) is 0 Å². The van der Waals surface area contributed by atoms with Crippen molar-refractivity contribution in [1.82, 2.24) is 0 Å². The monoisotopic (exact) mass is 310 g/mol. The van der Waals surface area contributed by atoms with Crippen LogP contribution in [0.2, 0.25) is 0 Å². The standard InChI is InChI=1S/C11H15FO5S2/c1-18(14,15)10-7-8(4-3-5-13)6-9(12)11(10)19(2,16)17/h6-7,13H,3-5H2,1-2H3. The molecule has 1 aromatic rings. The molecule has 0 atom stereocenters. The second-order valence-electron chi connectivity index (χ2n) is 4.28. The van der Waals surface area contributed by atoms with Crippen LogP contribution in [0.3, 0.4) is 0 Å². The summed E-state index contributed by atoms with van der Waals surface area (Å²) < 4.78 is 60.1. The van der Waals surface area contributed by atoms with Crippen LogP contribution in [-0.2, 0) is 26.1 Å². The highest BCUT2D eigenvalue weighted by molar-refractivity contribution is 7.93. The predicted molar refractivity (Wildman–Crippen MR) is 68.0 cm³/mol. The Labute approximate surface area is 111 Å². The van der Waals surface area contributed by atoms with E-state index in [0.29, 0.717) is 12.0 Å². The van der Waals surface area contributed by atoms with E-state index in [4.69, 9.17) is 5.11 Å². The molecular weight excluding hydrogens is 295 g/mol. The maximum absolute atomic E-state index is 13.9. The molecule has 0 saturated heterocycles. The number of hydrogen-bond acceptors (Lipinski definition) is 5. The van der Waals surface area contributed by atoms with Crippen molar-refractivity contribution >= 4 is 19.7 Å². The number of rotatable bonds is 5. The molecule has 0 amide bonds. The molecule has 0 spiro atoms. The molecule has 1 N–H and O–H groups in total. The molecular formula is C11H15FO5S2. The molecule has 0 unspecified atom stereocenters. The number of benzene rings is 1. The van der Waals surface area contributed by atoms with E-state index < -0.39 is 35.3 Å². The molecule has 0 aliphatic carbocycles. The molecule has 0 fully saturated rings. The van der Waals surface area contributed by atoms with Gasteiger partial charge in [-0.1, -0.05) is 0 Å². The molecule has 8 heteroatoms. The lowest BCUT2D eigenvalue weighted by molar-refractivity contribution is 0.288. The summed E-state index contributed by atoms with van der Waals surface area (Å²) in [6, 6.07) is 2.13. The SMILES string of the molecule is CS(=O)(=O)c1cc(CCCO)cc(F)c1S(C)(=O)=O. The summed E-state index contributed by atoms with van der Waals surface area (Å²) in [5.41, 5.74) is 0.333. The summed E-state index contributed by atoms with van der Waals surface area (Å²) >= 11 is 0. The van der Waals surface area contributed by atoms with Gasteiger partial charge in [-0.25, -0.2) is 21.2 Å². The fourth-order valence-electron chi connectivity index (χ4n) is 1.68. The Morgan fingerprint density at radius 1 is 1.11 bits per heavy atom. The second-order valence-corrected chi connectivity index (χ2v) is 8.21. The lowest BCUT2D eigenvalue weighted by atomic mass is 10.1. The van der Waals surface area contributed by atoms with Gasteiger partial charge in [0, 0.05) is 19.1 Å². The average Bonchev–Trinajstić information content (AvgIpc) is 2.22. The zero-order chi connectivity index (χ0) is 14.8. The first-order valence-corrected chi connectivity index (χ1v) is 9.19. The van der Waals surface area contributed by atoms with Crippen molar-refractivity contribution in [2.24, 2.45) is 0 Å². The lowest BCUT2D eigenvalue weighted by Gasteiger charge is -2.10. The van der Waals surface area contributed by atoms with E-state index in [2.05, 4.69) is 0 Å². The van der Waals surface area contributed by atoms with Gasteiger partial charge >= 0.3 is 0 Å². The number of halogens is 1. The third kappa shape index (κ3) is 3.99. The van der Waals surface area contributed by atoms with Crippen LogP contribution in [0, 0.1) is 5.82 Å². The summed E-state index contributed by atoms with van der Waals surface area (Å²) in [7, 11) is -7.86. The van der Waals surface area contributed by atoms with Gasteiger partial charge in [0.05, 0.1) is 4.90 Å². The summed E-state index contributed by atoms with van der Waals surface area (Å²) in [6.07, 6.45) is 2.18. The van der Waals surface area contributed by atoms with Crippen LogP contribution in [-0.4, -0.2) is 41.1 Å². The quantitative estimate of drug-likeness (QED) is 0.858. The number of aliphatic hydroxyl groups excluding tert-OH is 1. The Hall–Kier alpha value is -0.990. The minimum atomic E-state index is -3.99. The highest BCUT2D eigenvalue weighted by Crippen LogP contribution is 2.26. The number of aliphatic hydroxyl groups is 1. The van der Waals surface area contributed by atoms with E-state index in [-0.39, 0.29) is 13.0 Å². The Bertz CT molecular complexity index is 677. The molecule has 0 heterocycles. The van der Waals surface area contributed by atoms with Crippen molar-refractivity contribution in [3.05, 3.63) is 23.5 Å². The topological polar surface area (TPSA) is 88.5 Å². The first-order chi connectivity index (χ1) is 8.57. The molecule has 0 radical (unpaired) electrons. The van der Waals surface area contributed by atoms with Crippen molar-refractivity contribution in [1.29, 1.82) is 0 Å². The van der Waals surface area contributed by atoms with Gasteiger partial charge in [-0.3, -0.25) is 0 Å². The molecule has 0 bridgehead atoms. The average molecular weight is 310 g/mol. The lowest BCUT2D eigenvalue weighted by Crippen LogP contribution is -2.11. The van der Waals surface area contributed by atoms with E-state index in [0.717, 1.165) is 24.6 Å². The first kappa shape index (κ1) is 16.1. The van der Waals surface area contributed by atoms with Crippen LogP contribution in [0.1, 0.15) is 12.0 Å². The summed E-state index contributed by atoms with van der Waals surface area (Å²) in [6.45, 7) is -0.121. The summed E-state index contributed by atoms with van der Waals surface area (Å²) in [5, 5.41) is 8.70. The van der Waals surface area contributed by atoms with E-state index in [1.807, 2.05) is 0 Å². The van der Waals surface area contributed by atoms with Gasteiger partial charge in [0.1, 0.15) is 10.7 Å². The van der Waals surface area contributed by atoms with Crippen molar-refractivity contribution in [3.63, 3.8) is 0 Å². The van der Waals surface area contributed by atoms with E-state index in [1.54, 1.807) is 0 Å². The van der Waals surface area contributed by atoms with Crippen LogP contribution >= 0.6 is 0 Å². The van der Waals surface area contributed by atoms with Gasteiger partial charge < -0.3 is 5.11 Å². The van der Waals surface area contributed by atoms with Crippen LogP contribution in [0.5, 0.6) is 0 Å². The number of hydrogen-bond donors (Lipinski definition) is 1. The Morgan fingerprint density at radius 3 is 2.11 bits per heavy atom. The predicted octanol–water partition coefficient (Wildman–Crippen LogP) is 0.558. The number of sulfone groups is 2. The first-order valence-electron chi connectivity index (χ1n) is 5.40. The molecule has 0 aliphatic rings. The maximum Gasteiger partial charge on any atom is 0.179 e. The highest BCUT2D eigenvalue weighted by Gasteiger charge is 2.25. The summed E-state index contributed by atoms with van der Waals surface area (Å²) in [4.78, 5) is -1.34. The maximum atomic E-state index is 13.9.